The smallest absolute Gasteiger partial charge is 0.125 e. The van der Waals surface area contributed by atoms with Gasteiger partial charge in [0.25, 0.3) is 0 Å². The van der Waals surface area contributed by atoms with Crippen LogP contribution in [0.25, 0.3) is 0 Å². The first-order chi connectivity index (χ1) is 7.45. The van der Waals surface area contributed by atoms with Crippen LogP contribution >= 0.6 is 0 Å². The van der Waals surface area contributed by atoms with Crippen molar-refractivity contribution >= 4 is 5.82 Å². The molecule has 3 nitrogen and oxygen atoms in total. The highest BCUT2D eigenvalue weighted by Gasteiger charge is 1.93. The standard InChI is InChI=1S/C12H12N3/c1-2-7-14-12(3-1)15-10-6-11-4-8-13-9-5-11/h1,3-5,7-9H,6,10H2,(H,14,15). The fourth-order valence-corrected chi connectivity index (χ4v) is 1.31. The number of nitrogens with one attached hydrogen (secondary N) is 1. The van der Waals surface area contributed by atoms with Crippen LogP contribution in [0.2, 0.25) is 0 Å². The topological polar surface area (TPSA) is 37.8 Å². The first-order valence-corrected chi connectivity index (χ1v) is 4.90. The van der Waals surface area contributed by atoms with Crippen LogP contribution in [0.4, 0.5) is 5.82 Å². The second-order valence-electron chi connectivity index (χ2n) is 3.18. The van der Waals surface area contributed by atoms with Gasteiger partial charge in [-0.25, -0.2) is 4.98 Å². The lowest BCUT2D eigenvalue weighted by Crippen LogP contribution is -2.05. The van der Waals surface area contributed by atoms with E-state index in [-0.39, 0.29) is 0 Å². The van der Waals surface area contributed by atoms with Crippen molar-refractivity contribution in [3.8, 4) is 0 Å². The Labute approximate surface area is 89.2 Å². The third kappa shape index (κ3) is 3.06. The van der Waals surface area contributed by atoms with Crippen molar-refractivity contribution in [1.82, 2.24) is 9.97 Å². The number of hydrogen-bond donors (Lipinski definition) is 1. The Morgan fingerprint density at radius 3 is 2.80 bits per heavy atom. The molecule has 0 saturated heterocycles. The van der Waals surface area contributed by atoms with Crippen molar-refractivity contribution < 1.29 is 0 Å². The summed E-state index contributed by atoms with van der Waals surface area (Å²) < 4.78 is 0. The van der Waals surface area contributed by atoms with Gasteiger partial charge in [-0.3, -0.25) is 4.98 Å². The van der Waals surface area contributed by atoms with Crippen LogP contribution in [0.1, 0.15) is 5.56 Å². The van der Waals surface area contributed by atoms with E-state index in [9.17, 15) is 0 Å². The van der Waals surface area contributed by atoms with E-state index in [1.165, 1.54) is 5.56 Å². The summed E-state index contributed by atoms with van der Waals surface area (Å²) in [7, 11) is 0. The molecule has 0 atom stereocenters. The zero-order valence-corrected chi connectivity index (χ0v) is 8.35. The van der Waals surface area contributed by atoms with Gasteiger partial charge >= 0.3 is 0 Å². The van der Waals surface area contributed by atoms with Crippen molar-refractivity contribution in [2.24, 2.45) is 0 Å². The van der Waals surface area contributed by atoms with Gasteiger partial charge in [0.15, 0.2) is 0 Å². The molecule has 0 fully saturated rings. The van der Waals surface area contributed by atoms with E-state index in [0.29, 0.717) is 0 Å². The fourth-order valence-electron chi connectivity index (χ4n) is 1.31. The van der Waals surface area contributed by atoms with Gasteiger partial charge in [-0.2, -0.15) is 0 Å². The molecule has 2 aromatic rings. The molecule has 0 amide bonds. The van der Waals surface area contributed by atoms with Gasteiger partial charge in [-0.1, -0.05) is 0 Å². The molecule has 1 radical (unpaired) electrons. The van der Waals surface area contributed by atoms with E-state index >= 15 is 0 Å². The summed E-state index contributed by atoms with van der Waals surface area (Å²) in [5, 5.41) is 3.24. The van der Waals surface area contributed by atoms with Gasteiger partial charge in [-0.05, 0) is 36.2 Å². The summed E-state index contributed by atoms with van der Waals surface area (Å²) in [4.78, 5) is 8.11. The van der Waals surface area contributed by atoms with Crippen molar-refractivity contribution in [2.75, 3.05) is 11.9 Å². The number of pyridine rings is 2. The Morgan fingerprint density at radius 1 is 1.20 bits per heavy atom. The van der Waals surface area contributed by atoms with Gasteiger partial charge in [0.1, 0.15) is 5.82 Å². The van der Waals surface area contributed by atoms with E-state index in [1.54, 1.807) is 6.20 Å². The maximum absolute atomic E-state index is 4.13. The second-order valence-corrected chi connectivity index (χ2v) is 3.18. The molecule has 2 heterocycles. The molecule has 0 aliphatic rings. The van der Waals surface area contributed by atoms with Crippen LogP contribution in [0.3, 0.4) is 0 Å². The summed E-state index contributed by atoms with van der Waals surface area (Å²) in [6.07, 6.45) is 6.26. The summed E-state index contributed by atoms with van der Waals surface area (Å²) in [6, 6.07) is 10.7. The van der Waals surface area contributed by atoms with Gasteiger partial charge in [-0.15, -0.1) is 0 Å². The van der Waals surface area contributed by atoms with Crippen LogP contribution in [-0.2, 0) is 6.42 Å². The van der Waals surface area contributed by atoms with Gasteiger partial charge in [0, 0.05) is 31.2 Å². The van der Waals surface area contributed by atoms with Crippen LogP contribution in [0, 0.1) is 6.07 Å². The first-order valence-electron chi connectivity index (χ1n) is 4.90. The van der Waals surface area contributed by atoms with Gasteiger partial charge < -0.3 is 5.32 Å². The number of aromatic nitrogens is 2. The molecule has 1 N–H and O–H groups in total. The summed E-state index contributed by atoms with van der Waals surface area (Å²) in [6.45, 7) is 0.876. The van der Waals surface area contributed by atoms with Crippen molar-refractivity contribution in [3.63, 3.8) is 0 Å². The monoisotopic (exact) mass is 198 g/mol. The van der Waals surface area contributed by atoms with Crippen molar-refractivity contribution in [1.29, 1.82) is 0 Å². The van der Waals surface area contributed by atoms with Crippen molar-refractivity contribution in [2.45, 2.75) is 6.42 Å². The van der Waals surface area contributed by atoms with Crippen LogP contribution < -0.4 is 5.32 Å². The molecule has 3 heteroatoms. The lowest BCUT2D eigenvalue weighted by atomic mass is 10.2. The SMILES string of the molecule is [c]1ccc(NCCc2ccncc2)nc1. The lowest BCUT2D eigenvalue weighted by molar-refractivity contribution is 1.000. The van der Waals surface area contributed by atoms with E-state index in [0.717, 1.165) is 18.8 Å². The molecule has 0 unspecified atom stereocenters. The van der Waals surface area contributed by atoms with Crippen LogP contribution in [0.5, 0.6) is 0 Å². The molecule has 0 bridgehead atoms. The normalized spacial score (nSPS) is 9.87. The van der Waals surface area contributed by atoms with Crippen LogP contribution in [0.15, 0.2) is 42.9 Å². The predicted molar refractivity (Wildman–Crippen MR) is 59.5 cm³/mol. The van der Waals surface area contributed by atoms with Crippen LogP contribution in [-0.4, -0.2) is 16.5 Å². The number of anilines is 1. The number of hydrogen-bond acceptors (Lipinski definition) is 3. The molecule has 0 aliphatic carbocycles. The third-order valence-electron chi connectivity index (χ3n) is 2.08. The number of nitrogens with zero attached hydrogens (tertiary/aromatic N) is 2. The Balaban J connectivity index is 1.81. The zero-order valence-electron chi connectivity index (χ0n) is 8.35. The maximum atomic E-state index is 4.13. The molecule has 0 saturated carbocycles. The molecule has 0 spiro atoms. The fraction of sp³-hybridized carbons (Fsp3) is 0.167. The van der Waals surface area contributed by atoms with E-state index < -0.39 is 0 Å². The number of rotatable bonds is 4. The minimum absolute atomic E-state index is 0.876. The van der Waals surface area contributed by atoms with E-state index in [1.807, 2.05) is 36.7 Å². The minimum atomic E-state index is 0.876. The highest BCUT2D eigenvalue weighted by molar-refractivity contribution is 5.33. The van der Waals surface area contributed by atoms with E-state index in [4.69, 9.17) is 0 Å². The average Bonchev–Trinajstić information content (AvgIpc) is 2.32. The third-order valence-corrected chi connectivity index (χ3v) is 2.08. The Hall–Kier alpha value is -1.90. The zero-order chi connectivity index (χ0) is 10.3. The highest BCUT2D eigenvalue weighted by atomic mass is 15.0. The second kappa shape index (κ2) is 5.10. The Bertz CT molecular complexity index is 347. The summed E-state index contributed by atoms with van der Waals surface area (Å²) in [5.74, 6) is 0.891. The molecule has 2 rings (SSSR count). The molecule has 2 aromatic heterocycles. The lowest BCUT2D eigenvalue weighted by Gasteiger charge is -2.04. The average molecular weight is 198 g/mol. The quantitative estimate of drug-likeness (QED) is 0.815. The molecular weight excluding hydrogens is 186 g/mol. The maximum Gasteiger partial charge on any atom is 0.125 e. The van der Waals surface area contributed by atoms with Gasteiger partial charge in [0.2, 0.25) is 0 Å². The first kappa shape index (κ1) is 9.65. The predicted octanol–water partition coefficient (Wildman–Crippen LogP) is 1.93. The summed E-state index contributed by atoms with van der Waals surface area (Å²) >= 11 is 0. The largest absolute Gasteiger partial charge is 0.370 e. The van der Waals surface area contributed by atoms with Crippen molar-refractivity contribution in [3.05, 3.63) is 54.5 Å². The molecular formula is C12H12N3. The molecule has 75 valence electrons. The molecule has 15 heavy (non-hydrogen) atoms. The van der Waals surface area contributed by atoms with E-state index in [2.05, 4.69) is 21.4 Å². The highest BCUT2D eigenvalue weighted by Crippen LogP contribution is 2.01. The Morgan fingerprint density at radius 2 is 2.07 bits per heavy atom. The Kier molecular flexibility index (Phi) is 3.28. The summed E-state index contributed by atoms with van der Waals surface area (Å²) in [5.41, 5.74) is 1.28. The molecule has 0 aliphatic heterocycles. The van der Waals surface area contributed by atoms with Gasteiger partial charge in [0.05, 0.1) is 0 Å². The minimum Gasteiger partial charge on any atom is -0.370 e. The molecule has 0 aromatic carbocycles.